The standard InChI is InChI=1S/C14H18BrN3O/c1-4-13(15)14-9-18(17-16-14)11-5-7-12(8-6-11)19-10(2)3/h5-10,13H,4H2,1-3H3. The molecule has 0 aliphatic heterocycles. The third kappa shape index (κ3) is 3.56. The van der Waals surface area contributed by atoms with Gasteiger partial charge in [-0.15, -0.1) is 5.10 Å². The van der Waals surface area contributed by atoms with E-state index in [1.54, 1.807) is 4.68 Å². The van der Waals surface area contributed by atoms with E-state index in [0.29, 0.717) is 0 Å². The van der Waals surface area contributed by atoms with Crippen LogP contribution >= 0.6 is 15.9 Å². The molecule has 4 nitrogen and oxygen atoms in total. The Hall–Kier alpha value is -1.36. The van der Waals surface area contributed by atoms with Gasteiger partial charge in [0, 0.05) is 0 Å². The fourth-order valence-electron chi connectivity index (χ4n) is 1.71. The summed E-state index contributed by atoms with van der Waals surface area (Å²) in [5.41, 5.74) is 1.93. The minimum Gasteiger partial charge on any atom is -0.491 e. The van der Waals surface area contributed by atoms with Gasteiger partial charge in [0.2, 0.25) is 0 Å². The molecule has 19 heavy (non-hydrogen) atoms. The normalized spacial score (nSPS) is 12.7. The molecule has 5 heteroatoms. The lowest BCUT2D eigenvalue weighted by Gasteiger charge is -2.09. The van der Waals surface area contributed by atoms with Crippen LogP contribution < -0.4 is 4.74 Å². The molecule has 2 aromatic rings. The van der Waals surface area contributed by atoms with Crippen LogP contribution in [0.4, 0.5) is 0 Å². The van der Waals surface area contributed by atoms with E-state index in [2.05, 4.69) is 33.2 Å². The molecule has 1 unspecified atom stereocenters. The van der Waals surface area contributed by atoms with Crippen molar-refractivity contribution in [1.29, 1.82) is 0 Å². The molecule has 0 bridgehead atoms. The number of rotatable bonds is 5. The first-order valence-electron chi connectivity index (χ1n) is 6.43. The fourth-order valence-corrected chi connectivity index (χ4v) is 1.91. The van der Waals surface area contributed by atoms with E-state index in [4.69, 9.17) is 4.74 Å². The van der Waals surface area contributed by atoms with E-state index < -0.39 is 0 Å². The summed E-state index contributed by atoms with van der Waals surface area (Å²) in [6.45, 7) is 6.13. The Balaban J connectivity index is 2.15. The summed E-state index contributed by atoms with van der Waals surface area (Å²) < 4.78 is 7.39. The van der Waals surface area contributed by atoms with Crippen LogP contribution in [0.25, 0.3) is 5.69 Å². The first kappa shape index (κ1) is 14.1. The lowest BCUT2D eigenvalue weighted by atomic mass is 10.2. The number of halogens is 1. The molecule has 0 fully saturated rings. The second-order valence-corrected chi connectivity index (χ2v) is 5.73. The predicted molar refractivity (Wildman–Crippen MR) is 79.1 cm³/mol. The number of ether oxygens (including phenoxy) is 1. The Morgan fingerprint density at radius 3 is 2.53 bits per heavy atom. The van der Waals surface area contributed by atoms with E-state index in [1.807, 2.05) is 44.3 Å². The van der Waals surface area contributed by atoms with E-state index in [-0.39, 0.29) is 10.9 Å². The monoisotopic (exact) mass is 323 g/mol. The quantitative estimate of drug-likeness (QED) is 0.783. The topological polar surface area (TPSA) is 39.9 Å². The van der Waals surface area contributed by atoms with Crippen molar-refractivity contribution in [1.82, 2.24) is 15.0 Å². The largest absolute Gasteiger partial charge is 0.491 e. The minimum absolute atomic E-state index is 0.183. The van der Waals surface area contributed by atoms with Crippen molar-refractivity contribution in [3.63, 3.8) is 0 Å². The van der Waals surface area contributed by atoms with Crippen LogP contribution in [0.3, 0.4) is 0 Å². The summed E-state index contributed by atoms with van der Waals surface area (Å²) in [6.07, 6.45) is 3.11. The van der Waals surface area contributed by atoms with Crippen molar-refractivity contribution in [2.75, 3.05) is 0 Å². The van der Waals surface area contributed by atoms with Gasteiger partial charge in [0.15, 0.2) is 0 Å². The highest BCUT2D eigenvalue weighted by molar-refractivity contribution is 9.09. The second kappa shape index (κ2) is 6.19. The number of hydrogen-bond donors (Lipinski definition) is 0. The number of alkyl halides is 1. The molecule has 0 saturated heterocycles. The van der Waals surface area contributed by atoms with Crippen LogP contribution in [-0.2, 0) is 0 Å². The average Bonchev–Trinajstić information content (AvgIpc) is 2.87. The van der Waals surface area contributed by atoms with Gasteiger partial charge < -0.3 is 4.74 Å². The maximum atomic E-state index is 5.61. The van der Waals surface area contributed by atoms with Crippen LogP contribution in [0.15, 0.2) is 30.5 Å². The van der Waals surface area contributed by atoms with Crippen molar-refractivity contribution in [3.05, 3.63) is 36.2 Å². The molecule has 0 saturated carbocycles. The third-order valence-corrected chi connectivity index (χ3v) is 3.78. The van der Waals surface area contributed by atoms with Crippen LogP contribution in [0.1, 0.15) is 37.7 Å². The summed E-state index contributed by atoms with van der Waals surface area (Å²) in [4.78, 5) is 0.254. The van der Waals surface area contributed by atoms with Crippen molar-refractivity contribution >= 4 is 15.9 Å². The lowest BCUT2D eigenvalue weighted by molar-refractivity contribution is 0.242. The van der Waals surface area contributed by atoms with Crippen LogP contribution in [0, 0.1) is 0 Å². The van der Waals surface area contributed by atoms with Crippen molar-refractivity contribution in [2.24, 2.45) is 0 Å². The molecule has 1 atom stereocenters. The average molecular weight is 324 g/mol. The number of benzene rings is 1. The van der Waals surface area contributed by atoms with E-state index in [1.165, 1.54) is 0 Å². The van der Waals surface area contributed by atoms with Gasteiger partial charge in [-0.25, -0.2) is 4.68 Å². The Labute approximate surface area is 121 Å². The van der Waals surface area contributed by atoms with E-state index in [0.717, 1.165) is 23.6 Å². The zero-order valence-corrected chi connectivity index (χ0v) is 13.0. The molecule has 0 spiro atoms. The van der Waals surface area contributed by atoms with Gasteiger partial charge in [0.1, 0.15) is 5.75 Å². The molecule has 2 rings (SSSR count). The molecular formula is C14H18BrN3O. The number of aromatic nitrogens is 3. The summed E-state index contributed by atoms with van der Waals surface area (Å²) in [5, 5.41) is 8.31. The van der Waals surface area contributed by atoms with Crippen molar-refractivity contribution < 1.29 is 4.74 Å². The Morgan fingerprint density at radius 1 is 1.26 bits per heavy atom. The molecule has 0 radical (unpaired) electrons. The van der Waals surface area contributed by atoms with Gasteiger partial charge >= 0.3 is 0 Å². The Kier molecular flexibility index (Phi) is 4.58. The molecule has 0 N–H and O–H groups in total. The molecule has 0 aliphatic carbocycles. The van der Waals surface area contributed by atoms with Crippen LogP contribution in [0.2, 0.25) is 0 Å². The van der Waals surface area contributed by atoms with E-state index >= 15 is 0 Å². The molecule has 1 aromatic carbocycles. The van der Waals surface area contributed by atoms with Gasteiger partial charge in [-0.1, -0.05) is 28.1 Å². The Morgan fingerprint density at radius 2 is 1.95 bits per heavy atom. The molecule has 102 valence electrons. The van der Waals surface area contributed by atoms with Crippen molar-refractivity contribution in [2.45, 2.75) is 38.1 Å². The van der Waals surface area contributed by atoms with Crippen LogP contribution in [-0.4, -0.2) is 21.1 Å². The summed E-state index contributed by atoms with van der Waals surface area (Å²) in [6, 6.07) is 7.85. The highest BCUT2D eigenvalue weighted by Gasteiger charge is 2.10. The molecule has 1 aromatic heterocycles. The molecule has 1 heterocycles. The first-order chi connectivity index (χ1) is 9.10. The van der Waals surface area contributed by atoms with Gasteiger partial charge in [-0.05, 0) is 44.5 Å². The van der Waals surface area contributed by atoms with Gasteiger partial charge in [0.05, 0.1) is 28.5 Å². The van der Waals surface area contributed by atoms with Gasteiger partial charge in [-0.3, -0.25) is 0 Å². The third-order valence-electron chi connectivity index (χ3n) is 2.66. The number of hydrogen-bond acceptors (Lipinski definition) is 3. The molecule has 0 aliphatic rings. The minimum atomic E-state index is 0.183. The van der Waals surface area contributed by atoms with Crippen LogP contribution in [0.5, 0.6) is 5.75 Å². The number of nitrogens with zero attached hydrogens (tertiary/aromatic N) is 3. The Bertz CT molecular complexity index is 522. The smallest absolute Gasteiger partial charge is 0.119 e. The maximum absolute atomic E-state index is 5.61. The summed E-state index contributed by atoms with van der Waals surface area (Å²) in [5.74, 6) is 0.867. The highest BCUT2D eigenvalue weighted by Crippen LogP contribution is 2.24. The predicted octanol–water partition coefficient (Wildman–Crippen LogP) is 3.90. The van der Waals surface area contributed by atoms with E-state index in [9.17, 15) is 0 Å². The fraction of sp³-hybridized carbons (Fsp3) is 0.429. The van der Waals surface area contributed by atoms with Gasteiger partial charge in [-0.2, -0.15) is 0 Å². The molecule has 0 amide bonds. The summed E-state index contributed by atoms with van der Waals surface area (Å²) >= 11 is 3.57. The highest BCUT2D eigenvalue weighted by atomic mass is 79.9. The molecular weight excluding hydrogens is 306 g/mol. The zero-order valence-electron chi connectivity index (χ0n) is 11.4. The maximum Gasteiger partial charge on any atom is 0.119 e. The lowest BCUT2D eigenvalue weighted by Crippen LogP contribution is -2.05. The van der Waals surface area contributed by atoms with Gasteiger partial charge in [0.25, 0.3) is 0 Å². The first-order valence-corrected chi connectivity index (χ1v) is 7.35. The van der Waals surface area contributed by atoms with Crippen molar-refractivity contribution in [3.8, 4) is 11.4 Å². The zero-order chi connectivity index (χ0) is 13.8. The summed E-state index contributed by atoms with van der Waals surface area (Å²) in [7, 11) is 0. The SMILES string of the molecule is CCC(Br)c1cn(-c2ccc(OC(C)C)cc2)nn1. The second-order valence-electron chi connectivity index (χ2n) is 4.62.